The molecule has 0 aliphatic carbocycles. The van der Waals surface area contributed by atoms with Gasteiger partial charge in [0.15, 0.2) is 5.78 Å². The number of nitrogens with one attached hydrogen (secondary N) is 1. The number of likely N-dealkylation sites (N-methyl/N-ethyl adjacent to an activating group) is 1. The molecule has 0 fully saturated rings. The van der Waals surface area contributed by atoms with Gasteiger partial charge in [0.25, 0.3) is 0 Å². The Bertz CT molecular complexity index is 738. The summed E-state index contributed by atoms with van der Waals surface area (Å²) in [5, 5.41) is 12.2. The zero-order valence-electron chi connectivity index (χ0n) is 19.8. The monoisotopic (exact) mass is 433 g/mol. The maximum atomic E-state index is 13.0. The molecule has 0 aliphatic rings. The van der Waals surface area contributed by atoms with Crippen LogP contribution in [0.5, 0.6) is 5.75 Å². The summed E-state index contributed by atoms with van der Waals surface area (Å²) in [6, 6.07) is 5.83. The average molecular weight is 434 g/mol. The van der Waals surface area contributed by atoms with E-state index >= 15 is 0 Å². The molecule has 2 atom stereocenters. The second-order valence-corrected chi connectivity index (χ2v) is 10.0. The van der Waals surface area contributed by atoms with Crippen molar-refractivity contribution in [2.75, 3.05) is 20.1 Å². The molecule has 4 N–H and O–H groups in total. The predicted octanol–water partition coefficient (Wildman–Crippen LogP) is 2.50. The summed E-state index contributed by atoms with van der Waals surface area (Å²) in [5.74, 6) is -0.760. The predicted molar refractivity (Wildman–Crippen MR) is 122 cm³/mol. The van der Waals surface area contributed by atoms with Crippen molar-refractivity contribution in [3.05, 3.63) is 29.8 Å². The third kappa shape index (κ3) is 10.4. The number of Topliss-reactive ketones (excluding diaryl/α,β-unsaturated/α-hetero) is 1. The number of phenolic OH excluding ortho intramolecular Hbond substituents is 1. The Balaban J connectivity index is 2.72. The van der Waals surface area contributed by atoms with Gasteiger partial charge in [-0.25, -0.2) is 0 Å². The summed E-state index contributed by atoms with van der Waals surface area (Å²) in [6.45, 7) is 10.5. The van der Waals surface area contributed by atoms with Gasteiger partial charge < -0.3 is 21.1 Å². The van der Waals surface area contributed by atoms with Crippen molar-refractivity contribution >= 4 is 17.6 Å². The SMILES string of the molecule is CC(C)C[C@@H](CC(=O)[C@@H](N)Cc1ccc(O)cc1)C(=O)N(C)CC(=O)NCC(C)(C)C. The Kier molecular flexibility index (Phi) is 10.2. The second-order valence-electron chi connectivity index (χ2n) is 10.0. The summed E-state index contributed by atoms with van der Waals surface area (Å²) >= 11 is 0. The minimum absolute atomic E-state index is 0.0432. The van der Waals surface area contributed by atoms with Gasteiger partial charge in [0.2, 0.25) is 11.8 Å². The van der Waals surface area contributed by atoms with Crippen LogP contribution < -0.4 is 11.1 Å². The van der Waals surface area contributed by atoms with Crippen LogP contribution in [0.1, 0.15) is 53.0 Å². The molecule has 1 aromatic carbocycles. The molecular weight excluding hydrogens is 394 g/mol. The first-order valence-corrected chi connectivity index (χ1v) is 10.9. The van der Waals surface area contributed by atoms with E-state index in [1.54, 1.807) is 31.3 Å². The highest BCUT2D eigenvalue weighted by Gasteiger charge is 2.28. The third-order valence-electron chi connectivity index (χ3n) is 4.93. The van der Waals surface area contributed by atoms with Crippen LogP contribution in [-0.2, 0) is 20.8 Å². The van der Waals surface area contributed by atoms with Gasteiger partial charge in [-0.05, 0) is 41.9 Å². The van der Waals surface area contributed by atoms with E-state index in [1.165, 1.54) is 4.90 Å². The number of hydrogen-bond donors (Lipinski definition) is 3. The van der Waals surface area contributed by atoms with E-state index in [2.05, 4.69) is 5.32 Å². The third-order valence-corrected chi connectivity index (χ3v) is 4.93. The summed E-state index contributed by atoms with van der Waals surface area (Å²) in [5.41, 5.74) is 6.90. The lowest BCUT2D eigenvalue weighted by Crippen LogP contribution is -2.44. The van der Waals surface area contributed by atoms with E-state index in [9.17, 15) is 19.5 Å². The summed E-state index contributed by atoms with van der Waals surface area (Å²) in [7, 11) is 1.59. The van der Waals surface area contributed by atoms with Crippen molar-refractivity contribution in [2.45, 2.75) is 59.9 Å². The molecule has 0 radical (unpaired) electrons. The molecule has 0 saturated heterocycles. The van der Waals surface area contributed by atoms with Crippen LogP contribution in [0.25, 0.3) is 0 Å². The van der Waals surface area contributed by atoms with E-state index in [0.717, 1.165) is 5.56 Å². The summed E-state index contributed by atoms with van der Waals surface area (Å²) < 4.78 is 0. The molecule has 0 heterocycles. The normalized spacial score (nSPS) is 13.5. The fraction of sp³-hybridized carbons (Fsp3) is 0.625. The van der Waals surface area contributed by atoms with Crippen molar-refractivity contribution in [1.82, 2.24) is 10.2 Å². The highest BCUT2D eigenvalue weighted by atomic mass is 16.3. The van der Waals surface area contributed by atoms with Gasteiger partial charge in [-0.3, -0.25) is 14.4 Å². The van der Waals surface area contributed by atoms with E-state index in [-0.39, 0.29) is 47.6 Å². The Morgan fingerprint density at radius 2 is 1.71 bits per heavy atom. The number of carbonyl (C=O) groups is 3. The zero-order valence-corrected chi connectivity index (χ0v) is 19.8. The van der Waals surface area contributed by atoms with Gasteiger partial charge in [-0.2, -0.15) is 0 Å². The quantitative estimate of drug-likeness (QED) is 0.496. The summed E-state index contributed by atoms with van der Waals surface area (Å²) in [4.78, 5) is 39.3. The topological polar surface area (TPSA) is 113 Å². The highest BCUT2D eigenvalue weighted by molar-refractivity contribution is 5.91. The highest BCUT2D eigenvalue weighted by Crippen LogP contribution is 2.20. The number of carbonyl (C=O) groups excluding carboxylic acids is 3. The number of nitrogens with two attached hydrogens (primary N) is 1. The smallest absolute Gasteiger partial charge is 0.239 e. The first-order chi connectivity index (χ1) is 14.3. The average Bonchev–Trinajstić information content (AvgIpc) is 2.66. The van der Waals surface area contributed by atoms with E-state index in [1.807, 2.05) is 34.6 Å². The van der Waals surface area contributed by atoms with Gasteiger partial charge in [0.1, 0.15) is 5.75 Å². The van der Waals surface area contributed by atoms with Crippen LogP contribution in [-0.4, -0.2) is 53.8 Å². The lowest BCUT2D eigenvalue weighted by Gasteiger charge is -2.26. The standard InChI is InChI=1S/C24H39N3O4/c1-16(2)11-18(23(31)27(6)14-22(30)26-15-24(3,4)5)13-21(29)20(25)12-17-7-9-19(28)10-8-17/h7-10,16,18,20,28H,11-15,25H2,1-6H3,(H,26,30)/t18-,20-/m0/s1. The van der Waals surface area contributed by atoms with Gasteiger partial charge in [0.05, 0.1) is 12.6 Å². The van der Waals surface area contributed by atoms with Crippen molar-refractivity contribution in [3.8, 4) is 5.75 Å². The van der Waals surface area contributed by atoms with Gasteiger partial charge in [-0.1, -0.05) is 46.8 Å². The molecule has 0 bridgehead atoms. The van der Waals surface area contributed by atoms with Crippen LogP contribution in [0.4, 0.5) is 0 Å². The molecule has 174 valence electrons. The zero-order chi connectivity index (χ0) is 23.8. The first kappa shape index (κ1) is 26.6. The van der Waals surface area contributed by atoms with Gasteiger partial charge in [0, 0.05) is 25.9 Å². The number of amides is 2. The number of rotatable bonds is 11. The minimum atomic E-state index is -0.729. The van der Waals surface area contributed by atoms with Gasteiger partial charge >= 0.3 is 0 Å². The number of aromatic hydroxyl groups is 1. The second kappa shape index (κ2) is 11.8. The van der Waals surface area contributed by atoms with Crippen LogP contribution in [0.15, 0.2) is 24.3 Å². The molecule has 0 unspecified atom stereocenters. The van der Waals surface area contributed by atoms with E-state index in [4.69, 9.17) is 5.73 Å². The number of nitrogens with zero attached hydrogens (tertiary/aromatic N) is 1. The molecule has 2 amide bonds. The number of ketones is 1. The van der Waals surface area contributed by atoms with E-state index < -0.39 is 12.0 Å². The molecule has 1 rings (SSSR count). The Morgan fingerprint density at radius 3 is 2.23 bits per heavy atom. The fourth-order valence-corrected chi connectivity index (χ4v) is 3.26. The van der Waals surface area contributed by atoms with Crippen molar-refractivity contribution in [2.24, 2.45) is 23.0 Å². The molecule has 1 aromatic rings. The maximum absolute atomic E-state index is 13.0. The molecule has 0 saturated carbocycles. The van der Waals surface area contributed by atoms with Crippen molar-refractivity contribution in [3.63, 3.8) is 0 Å². The lowest BCUT2D eigenvalue weighted by molar-refractivity contribution is -0.140. The minimum Gasteiger partial charge on any atom is -0.508 e. The molecule has 31 heavy (non-hydrogen) atoms. The molecule has 7 heteroatoms. The lowest BCUT2D eigenvalue weighted by atomic mass is 9.88. The van der Waals surface area contributed by atoms with Crippen LogP contribution in [0, 0.1) is 17.3 Å². The first-order valence-electron chi connectivity index (χ1n) is 10.9. The Hall–Kier alpha value is -2.41. The Morgan fingerprint density at radius 1 is 1.13 bits per heavy atom. The van der Waals surface area contributed by atoms with Gasteiger partial charge in [-0.15, -0.1) is 0 Å². The number of hydrogen-bond acceptors (Lipinski definition) is 5. The molecule has 0 aliphatic heterocycles. The maximum Gasteiger partial charge on any atom is 0.239 e. The fourth-order valence-electron chi connectivity index (χ4n) is 3.26. The van der Waals surface area contributed by atoms with Crippen LogP contribution in [0.2, 0.25) is 0 Å². The number of benzene rings is 1. The van der Waals surface area contributed by atoms with Crippen LogP contribution in [0.3, 0.4) is 0 Å². The largest absolute Gasteiger partial charge is 0.508 e. The van der Waals surface area contributed by atoms with Crippen molar-refractivity contribution in [1.29, 1.82) is 0 Å². The van der Waals surface area contributed by atoms with Crippen LogP contribution >= 0.6 is 0 Å². The van der Waals surface area contributed by atoms with E-state index in [0.29, 0.717) is 19.4 Å². The number of phenols is 1. The molecule has 0 spiro atoms. The van der Waals surface area contributed by atoms with Crippen molar-refractivity contribution < 1.29 is 19.5 Å². The molecule has 0 aromatic heterocycles. The molecule has 7 nitrogen and oxygen atoms in total. The Labute approximate surface area is 186 Å². The summed E-state index contributed by atoms with van der Waals surface area (Å²) in [6.07, 6.45) is 0.932. The molecular formula is C24H39N3O4.